The van der Waals surface area contributed by atoms with Crippen LogP contribution in [0, 0.1) is 19.3 Å². The molecular formula is C18H17NO2. The highest BCUT2D eigenvalue weighted by molar-refractivity contribution is 5.89. The molecule has 0 atom stereocenters. The van der Waals surface area contributed by atoms with E-state index in [0.717, 1.165) is 12.2 Å². The maximum Gasteiger partial charge on any atom is 0.339 e. The standard InChI is InChI=1S/C18H17NO2/c1-3-12-21-18(20)15-8-10-17(11-9-15)19-13-16-7-5-4-6-14(16)2/h1,4-11,19H,12-13H2,2H3. The lowest BCUT2D eigenvalue weighted by Gasteiger charge is -2.09. The van der Waals surface area contributed by atoms with Crippen LogP contribution in [0.1, 0.15) is 21.5 Å². The molecule has 0 unspecified atom stereocenters. The zero-order chi connectivity index (χ0) is 15.1. The molecule has 3 heteroatoms. The summed E-state index contributed by atoms with van der Waals surface area (Å²) in [4.78, 5) is 11.6. The molecule has 0 aliphatic heterocycles. The Morgan fingerprint density at radius 2 is 1.90 bits per heavy atom. The fourth-order valence-electron chi connectivity index (χ4n) is 1.92. The summed E-state index contributed by atoms with van der Waals surface area (Å²) in [6.45, 7) is 2.82. The van der Waals surface area contributed by atoms with Gasteiger partial charge in [0.1, 0.15) is 0 Å². The van der Waals surface area contributed by atoms with Crippen LogP contribution in [0.2, 0.25) is 0 Å². The van der Waals surface area contributed by atoms with Crippen LogP contribution in [0.4, 0.5) is 5.69 Å². The molecule has 21 heavy (non-hydrogen) atoms. The van der Waals surface area contributed by atoms with Crippen molar-refractivity contribution in [3.63, 3.8) is 0 Å². The molecule has 0 heterocycles. The number of rotatable bonds is 5. The van der Waals surface area contributed by atoms with Gasteiger partial charge in [-0.15, -0.1) is 6.42 Å². The van der Waals surface area contributed by atoms with Gasteiger partial charge in [0.15, 0.2) is 6.61 Å². The molecule has 0 bridgehead atoms. The van der Waals surface area contributed by atoms with E-state index in [4.69, 9.17) is 11.2 Å². The van der Waals surface area contributed by atoms with Gasteiger partial charge in [-0.2, -0.15) is 0 Å². The number of nitrogens with one attached hydrogen (secondary N) is 1. The second-order valence-electron chi connectivity index (χ2n) is 4.64. The molecule has 0 aliphatic rings. The summed E-state index contributed by atoms with van der Waals surface area (Å²) in [5.41, 5.74) is 3.94. The van der Waals surface area contributed by atoms with Gasteiger partial charge < -0.3 is 10.1 Å². The molecule has 0 saturated carbocycles. The van der Waals surface area contributed by atoms with E-state index in [1.807, 2.05) is 24.3 Å². The molecule has 0 amide bonds. The monoisotopic (exact) mass is 279 g/mol. The third kappa shape index (κ3) is 4.12. The summed E-state index contributed by atoms with van der Waals surface area (Å²) >= 11 is 0. The smallest absolute Gasteiger partial charge is 0.339 e. The summed E-state index contributed by atoms with van der Waals surface area (Å²) in [5.74, 6) is 1.86. The SMILES string of the molecule is C#CCOC(=O)c1ccc(NCc2ccccc2C)cc1. The van der Waals surface area contributed by atoms with Crippen LogP contribution in [0.15, 0.2) is 48.5 Å². The van der Waals surface area contributed by atoms with Crippen LogP contribution in [0.25, 0.3) is 0 Å². The zero-order valence-corrected chi connectivity index (χ0v) is 11.9. The van der Waals surface area contributed by atoms with Crippen molar-refractivity contribution in [1.29, 1.82) is 0 Å². The first kappa shape index (κ1) is 14.7. The molecule has 2 aromatic carbocycles. The number of carbonyl (C=O) groups excluding carboxylic acids is 1. The highest BCUT2D eigenvalue weighted by Crippen LogP contribution is 2.13. The largest absolute Gasteiger partial charge is 0.449 e. The normalized spacial score (nSPS) is 9.71. The number of hydrogen-bond acceptors (Lipinski definition) is 3. The van der Waals surface area contributed by atoms with Crippen molar-refractivity contribution in [3.8, 4) is 12.3 Å². The average molecular weight is 279 g/mol. The van der Waals surface area contributed by atoms with Crippen LogP contribution >= 0.6 is 0 Å². The maximum absolute atomic E-state index is 11.6. The minimum absolute atomic E-state index is 0.00782. The van der Waals surface area contributed by atoms with Gasteiger partial charge in [0.25, 0.3) is 0 Å². The van der Waals surface area contributed by atoms with Crippen molar-refractivity contribution in [1.82, 2.24) is 0 Å². The van der Waals surface area contributed by atoms with Crippen LogP contribution in [-0.4, -0.2) is 12.6 Å². The lowest BCUT2D eigenvalue weighted by Crippen LogP contribution is -2.06. The van der Waals surface area contributed by atoms with Gasteiger partial charge in [-0.05, 0) is 42.3 Å². The van der Waals surface area contributed by atoms with Gasteiger partial charge in [-0.25, -0.2) is 4.79 Å². The first-order chi connectivity index (χ1) is 10.2. The van der Waals surface area contributed by atoms with E-state index in [0.29, 0.717) is 5.56 Å². The van der Waals surface area contributed by atoms with Gasteiger partial charge in [0.2, 0.25) is 0 Å². The third-order valence-electron chi connectivity index (χ3n) is 3.15. The summed E-state index contributed by atoms with van der Waals surface area (Å²) in [7, 11) is 0. The van der Waals surface area contributed by atoms with Crippen LogP contribution < -0.4 is 5.32 Å². The molecule has 2 rings (SSSR count). The Hall–Kier alpha value is -2.73. The highest BCUT2D eigenvalue weighted by atomic mass is 16.5. The van der Waals surface area contributed by atoms with Gasteiger partial charge in [0, 0.05) is 12.2 Å². The molecule has 106 valence electrons. The lowest BCUT2D eigenvalue weighted by atomic mass is 10.1. The number of anilines is 1. The molecule has 0 aromatic heterocycles. The third-order valence-corrected chi connectivity index (χ3v) is 3.15. The second-order valence-corrected chi connectivity index (χ2v) is 4.64. The number of aryl methyl sites for hydroxylation is 1. The van der Waals surface area contributed by atoms with Gasteiger partial charge in [-0.3, -0.25) is 0 Å². The number of esters is 1. The summed E-state index contributed by atoms with van der Waals surface area (Å²) < 4.78 is 4.87. The first-order valence-electron chi connectivity index (χ1n) is 6.69. The fourth-order valence-corrected chi connectivity index (χ4v) is 1.92. The Kier molecular flexibility index (Phi) is 5.00. The quantitative estimate of drug-likeness (QED) is 0.673. The fraction of sp³-hybridized carbons (Fsp3) is 0.167. The first-order valence-corrected chi connectivity index (χ1v) is 6.69. The van der Waals surface area contributed by atoms with Gasteiger partial charge in [0.05, 0.1) is 5.56 Å². The van der Waals surface area contributed by atoms with Crippen molar-refractivity contribution >= 4 is 11.7 Å². The lowest BCUT2D eigenvalue weighted by molar-refractivity contribution is 0.0557. The number of benzene rings is 2. The molecule has 1 N–H and O–H groups in total. The number of carbonyl (C=O) groups is 1. The minimum atomic E-state index is -0.404. The van der Waals surface area contributed by atoms with E-state index in [1.54, 1.807) is 12.1 Å². The van der Waals surface area contributed by atoms with Crippen molar-refractivity contribution in [2.75, 3.05) is 11.9 Å². The predicted octanol–water partition coefficient (Wildman–Crippen LogP) is 3.40. The van der Waals surface area contributed by atoms with Gasteiger partial charge >= 0.3 is 5.97 Å². The van der Waals surface area contributed by atoms with Crippen molar-refractivity contribution < 1.29 is 9.53 Å². The van der Waals surface area contributed by atoms with Crippen molar-refractivity contribution in [2.45, 2.75) is 13.5 Å². The molecule has 3 nitrogen and oxygen atoms in total. The van der Waals surface area contributed by atoms with E-state index in [1.165, 1.54) is 11.1 Å². The molecule has 0 radical (unpaired) electrons. The molecule has 2 aromatic rings. The Labute approximate surface area is 125 Å². The number of hydrogen-bond donors (Lipinski definition) is 1. The van der Waals surface area contributed by atoms with E-state index in [2.05, 4.69) is 30.3 Å². The predicted molar refractivity (Wildman–Crippen MR) is 84.1 cm³/mol. The van der Waals surface area contributed by atoms with Gasteiger partial charge in [-0.1, -0.05) is 30.2 Å². The van der Waals surface area contributed by atoms with E-state index in [9.17, 15) is 4.79 Å². The van der Waals surface area contributed by atoms with Crippen LogP contribution in [-0.2, 0) is 11.3 Å². The highest BCUT2D eigenvalue weighted by Gasteiger charge is 2.06. The summed E-state index contributed by atoms with van der Waals surface area (Å²) in [5, 5.41) is 3.33. The second kappa shape index (κ2) is 7.16. The van der Waals surface area contributed by atoms with E-state index in [-0.39, 0.29) is 6.61 Å². The summed E-state index contributed by atoms with van der Waals surface area (Å²) in [6, 6.07) is 15.4. The van der Waals surface area contributed by atoms with Crippen LogP contribution in [0.3, 0.4) is 0 Å². The minimum Gasteiger partial charge on any atom is -0.449 e. The Morgan fingerprint density at radius 3 is 2.57 bits per heavy atom. The van der Waals surface area contributed by atoms with Crippen molar-refractivity contribution in [2.24, 2.45) is 0 Å². The Bertz CT molecular complexity index is 654. The Balaban J connectivity index is 1.95. The van der Waals surface area contributed by atoms with E-state index < -0.39 is 5.97 Å². The molecule has 0 fully saturated rings. The topological polar surface area (TPSA) is 38.3 Å². The number of ether oxygens (including phenoxy) is 1. The Morgan fingerprint density at radius 1 is 1.19 bits per heavy atom. The molecule has 0 aliphatic carbocycles. The van der Waals surface area contributed by atoms with Crippen molar-refractivity contribution in [3.05, 3.63) is 65.2 Å². The molecular weight excluding hydrogens is 262 g/mol. The van der Waals surface area contributed by atoms with Crippen LogP contribution in [0.5, 0.6) is 0 Å². The number of terminal acetylenes is 1. The molecule has 0 saturated heterocycles. The summed E-state index contributed by atoms with van der Waals surface area (Å²) in [6.07, 6.45) is 5.05. The van der Waals surface area contributed by atoms with E-state index >= 15 is 0 Å². The zero-order valence-electron chi connectivity index (χ0n) is 11.9. The molecule has 0 spiro atoms. The maximum atomic E-state index is 11.6. The average Bonchev–Trinajstić information content (AvgIpc) is 2.52.